The third-order valence-electron chi connectivity index (χ3n) is 5.65. The highest BCUT2D eigenvalue weighted by atomic mass is 35.5. The molecule has 1 heterocycles. The number of hydrogen-bond donors (Lipinski definition) is 4. The van der Waals surface area contributed by atoms with Crippen molar-refractivity contribution < 1.29 is 39.4 Å². The van der Waals surface area contributed by atoms with Gasteiger partial charge in [-0.1, -0.05) is 27.2 Å². The Morgan fingerprint density at radius 2 is 1.73 bits per heavy atom. The lowest BCUT2D eigenvalue weighted by Crippen LogP contribution is -2.60. The second-order valence-corrected chi connectivity index (χ2v) is 8.23. The van der Waals surface area contributed by atoms with E-state index in [1.54, 1.807) is 12.1 Å². The summed E-state index contributed by atoms with van der Waals surface area (Å²) in [6.07, 6.45) is -3.85. The van der Waals surface area contributed by atoms with Gasteiger partial charge in [-0.25, -0.2) is 0 Å². The van der Waals surface area contributed by atoms with Crippen LogP contribution in [0.5, 0.6) is 5.75 Å². The van der Waals surface area contributed by atoms with E-state index < -0.39 is 37.3 Å². The Morgan fingerprint density at radius 3 is 2.24 bits per heavy atom. The highest BCUT2D eigenvalue weighted by Gasteiger charge is 2.44. The van der Waals surface area contributed by atoms with Gasteiger partial charge in [0.1, 0.15) is 42.8 Å². The van der Waals surface area contributed by atoms with Crippen LogP contribution in [0.3, 0.4) is 0 Å². The molecule has 0 saturated carbocycles. The minimum Gasteiger partial charge on any atom is -0.462 e. The molecule has 188 valence electrons. The second kappa shape index (κ2) is 13.4. The molecule has 0 aliphatic carbocycles. The van der Waals surface area contributed by atoms with Crippen molar-refractivity contribution in [3.63, 3.8) is 0 Å². The van der Waals surface area contributed by atoms with Gasteiger partial charge in [0.2, 0.25) is 12.2 Å². The molecule has 1 fully saturated rings. The highest BCUT2D eigenvalue weighted by Crippen LogP contribution is 2.34. The quantitative estimate of drug-likeness (QED) is 0.197. The van der Waals surface area contributed by atoms with Crippen molar-refractivity contribution in [1.82, 2.24) is 0 Å². The number of hydrogen-bond acceptors (Lipinski definition) is 8. The van der Waals surface area contributed by atoms with Crippen molar-refractivity contribution in [2.24, 2.45) is 0 Å². The number of aliphatic hydroxyl groups is 4. The third-order valence-corrected chi connectivity index (χ3v) is 5.88. The van der Waals surface area contributed by atoms with Crippen LogP contribution in [0.25, 0.3) is 0 Å². The molecule has 1 aliphatic heterocycles. The predicted molar refractivity (Wildman–Crippen MR) is 124 cm³/mol. The van der Waals surface area contributed by atoms with Crippen LogP contribution in [-0.2, 0) is 27.1 Å². The van der Waals surface area contributed by atoms with Crippen LogP contribution in [0.15, 0.2) is 12.1 Å². The molecule has 1 saturated heterocycles. The number of unbranched alkanes of at least 4 members (excludes halogenated alkanes) is 1. The minimum atomic E-state index is -1.53. The van der Waals surface area contributed by atoms with Gasteiger partial charge in [0.15, 0.2) is 0 Å². The molecule has 4 N–H and O–H groups in total. The first-order chi connectivity index (χ1) is 15.8. The normalized spacial score (nSPS) is 25.2. The Morgan fingerprint density at radius 1 is 1.09 bits per heavy atom. The maximum Gasteiger partial charge on any atom is 0.243 e. The monoisotopic (exact) mass is 489 g/mol. The number of nitrogens with zero attached hydrogens (tertiary/aromatic N) is 1. The van der Waals surface area contributed by atoms with Gasteiger partial charge < -0.3 is 34.6 Å². The van der Waals surface area contributed by atoms with Crippen LogP contribution in [0, 0.1) is 0 Å². The Hall–Kier alpha value is -1.46. The van der Waals surface area contributed by atoms with E-state index in [9.17, 15) is 25.2 Å². The molecule has 0 bridgehead atoms. The van der Waals surface area contributed by atoms with E-state index in [1.165, 1.54) is 4.90 Å². The summed E-state index contributed by atoms with van der Waals surface area (Å²) in [4.78, 5) is 14.2. The van der Waals surface area contributed by atoms with Crippen LogP contribution in [0.1, 0.15) is 44.7 Å². The van der Waals surface area contributed by atoms with Crippen LogP contribution < -0.4 is 9.64 Å². The molecule has 9 nitrogen and oxygen atoms in total. The fourth-order valence-electron chi connectivity index (χ4n) is 3.72. The number of ether oxygens (including phenoxy) is 3. The maximum absolute atomic E-state index is 12.6. The van der Waals surface area contributed by atoms with Crippen LogP contribution in [0.2, 0.25) is 0 Å². The van der Waals surface area contributed by atoms with Crippen LogP contribution in [0.4, 0.5) is 5.69 Å². The molecule has 1 amide bonds. The molecule has 1 aromatic rings. The number of benzene rings is 1. The van der Waals surface area contributed by atoms with Gasteiger partial charge in [-0.15, -0.1) is 11.6 Å². The number of carbonyl (C=O) groups excluding carboxylic acids is 1. The number of aliphatic hydroxyl groups excluding tert-OH is 4. The van der Waals surface area contributed by atoms with Gasteiger partial charge in [-0.3, -0.25) is 9.69 Å². The third kappa shape index (κ3) is 6.79. The molecule has 5 atom stereocenters. The summed E-state index contributed by atoms with van der Waals surface area (Å²) >= 11 is 5.88. The molecule has 10 heteroatoms. The molecule has 0 aromatic heterocycles. The van der Waals surface area contributed by atoms with E-state index in [1.807, 2.05) is 13.8 Å². The molecule has 0 radical (unpaired) electrons. The molecule has 33 heavy (non-hydrogen) atoms. The Kier molecular flexibility index (Phi) is 11.3. The lowest BCUT2D eigenvalue weighted by atomic mass is 9.99. The summed E-state index contributed by atoms with van der Waals surface area (Å²) < 4.78 is 17.0. The van der Waals surface area contributed by atoms with Crippen molar-refractivity contribution >= 4 is 23.2 Å². The number of carbonyl (C=O) groups is 1. The number of amides is 1. The summed E-state index contributed by atoms with van der Waals surface area (Å²) in [5.74, 6) is -0.103. The number of halogens is 1. The Bertz CT molecular complexity index is 737. The second-order valence-electron chi connectivity index (χ2n) is 7.96. The van der Waals surface area contributed by atoms with Gasteiger partial charge in [0, 0.05) is 6.61 Å². The van der Waals surface area contributed by atoms with Gasteiger partial charge in [0.05, 0.1) is 12.3 Å². The molecule has 0 unspecified atom stereocenters. The zero-order chi connectivity index (χ0) is 24.5. The fourth-order valence-corrected chi connectivity index (χ4v) is 3.86. The van der Waals surface area contributed by atoms with E-state index in [-0.39, 0.29) is 18.5 Å². The average molecular weight is 490 g/mol. The van der Waals surface area contributed by atoms with E-state index in [0.717, 1.165) is 24.0 Å². The summed E-state index contributed by atoms with van der Waals surface area (Å²) in [6.45, 7) is 6.01. The summed E-state index contributed by atoms with van der Waals surface area (Å²) in [7, 11) is 0. The van der Waals surface area contributed by atoms with Crippen molar-refractivity contribution in [2.75, 3.05) is 30.7 Å². The first-order valence-electron chi connectivity index (χ1n) is 11.4. The van der Waals surface area contributed by atoms with Gasteiger partial charge in [0.25, 0.3) is 0 Å². The molecule has 1 aromatic carbocycles. The predicted octanol–water partition coefficient (Wildman–Crippen LogP) is 1.34. The Balaban J connectivity index is 2.35. The van der Waals surface area contributed by atoms with E-state index in [0.29, 0.717) is 30.9 Å². The largest absolute Gasteiger partial charge is 0.462 e. The van der Waals surface area contributed by atoms with Crippen LogP contribution >= 0.6 is 11.6 Å². The summed E-state index contributed by atoms with van der Waals surface area (Å²) in [6, 6.07) is 3.47. The van der Waals surface area contributed by atoms with Crippen molar-refractivity contribution in [3.05, 3.63) is 23.3 Å². The molecular weight excluding hydrogens is 454 g/mol. The zero-order valence-corrected chi connectivity index (χ0v) is 20.2. The summed E-state index contributed by atoms with van der Waals surface area (Å²) in [5, 5.41) is 39.7. The molecule has 0 spiro atoms. The average Bonchev–Trinajstić information content (AvgIpc) is 2.83. The van der Waals surface area contributed by atoms with Crippen LogP contribution in [-0.4, -0.2) is 82.9 Å². The Labute approximate surface area is 199 Å². The van der Waals surface area contributed by atoms with E-state index in [2.05, 4.69) is 6.92 Å². The van der Waals surface area contributed by atoms with Crippen molar-refractivity contribution in [2.45, 2.75) is 77.2 Å². The summed E-state index contributed by atoms with van der Waals surface area (Å²) in [5.41, 5.74) is 2.33. The minimum absolute atomic E-state index is 0.0818. The smallest absolute Gasteiger partial charge is 0.243 e. The standard InChI is InChI=1S/C23H36ClNO8/c1-4-7-8-31-13-25(18(27)11-24)19-14(5-2)9-16(10-15(19)6-3)32-23-22(30)21(29)20(28)17(12-26)33-23/h9-10,17,20-23,26,28-30H,4-8,11-13H2,1-3H3/t17-,20-,21+,22-,23-/m1/s1. The number of alkyl halides is 1. The molecular formula is C23H36ClNO8. The fraction of sp³-hybridized carbons (Fsp3) is 0.696. The first-order valence-corrected chi connectivity index (χ1v) is 11.9. The number of aryl methyl sites for hydroxylation is 2. The molecule has 2 rings (SSSR count). The maximum atomic E-state index is 12.6. The van der Waals surface area contributed by atoms with E-state index in [4.69, 9.17) is 25.8 Å². The van der Waals surface area contributed by atoms with Crippen molar-refractivity contribution in [1.29, 1.82) is 0 Å². The number of anilines is 1. The topological polar surface area (TPSA) is 129 Å². The highest BCUT2D eigenvalue weighted by molar-refractivity contribution is 6.29. The van der Waals surface area contributed by atoms with Gasteiger partial charge in [-0.2, -0.15) is 0 Å². The lowest BCUT2D eigenvalue weighted by Gasteiger charge is -2.39. The first kappa shape index (κ1) is 27.8. The number of rotatable bonds is 12. The van der Waals surface area contributed by atoms with E-state index >= 15 is 0 Å². The SMILES string of the molecule is CCCCOCN(C(=O)CCl)c1c(CC)cc(O[C@@H]2O[C@H](CO)[C@@H](O)[C@H](O)[C@H]2O)cc1CC. The van der Waals surface area contributed by atoms with Gasteiger partial charge >= 0.3 is 0 Å². The zero-order valence-electron chi connectivity index (χ0n) is 19.4. The lowest BCUT2D eigenvalue weighted by molar-refractivity contribution is -0.277. The molecule has 1 aliphatic rings. The van der Waals surface area contributed by atoms with Gasteiger partial charge in [-0.05, 0) is 42.5 Å². The van der Waals surface area contributed by atoms with Crippen molar-refractivity contribution in [3.8, 4) is 5.75 Å².